The van der Waals surface area contributed by atoms with Gasteiger partial charge >= 0.3 is 11.9 Å². The maximum absolute atomic E-state index is 12.5. The van der Waals surface area contributed by atoms with E-state index in [9.17, 15) is 14.7 Å². The van der Waals surface area contributed by atoms with Crippen molar-refractivity contribution in [1.29, 1.82) is 0 Å². The lowest BCUT2D eigenvalue weighted by Crippen LogP contribution is -2.36. The molecule has 2 aromatic rings. The minimum atomic E-state index is -0.724. The van der Waals surface area contributed by atoms with Crippen molar-refractivity contribution in [2.45, 2.75) is 26.2 Å². The van der Waals surface area contributed by atoms with Gasteiger partial charge in [0.15, 0.2) is 0 Å². The van der Waals surface area contributed by atoms with E-state index in [1.54, 1.807) is 13.1 Å². The van der Waals surface area contributed by atoms with E-state index < -0.39 is 17.4 Å². The Labute approximate surface area is 151 Å². The lowest BCUT2D eigenvalue weighted by molar-refractivity contribution is -0.149. The molecule has 0 amide bonds. The maximum Gasteiger partial charge on any atom is 0.341 e. The van der Waals surface area contributed by atoms with Crippen LogP contribution in [0.5, 0.6) is 0 Å². The van der Waals surface area contributed by atoms with Gasteiger partial charge in [-0.25, -0.2) is 4.79 Å². The first kappa shape index (κ1) is 16.8. The number of hydrogen-bond donors (Lipinski definition) is 1. The quantitative estimate of drug-likeness (QED) is 0.850. The van der Waals surface area contributed by atoms with Gasteiger partial charge in [0, 0.05) is 24.7 Å². The van der Waals surface area contributed by atoms with Crippen molar-refractivity contribution in [3.05, 3.63) is 36.0 Å². The fraction of sp³-hybridized carbons (Fsp3) is 0.450. The van der Waals surface area contributed by atoms with E-state index in [4.69, 9.17) is 4.74 Å². The highest BCUT2D eigenvalue weighted by Crippen LogP contribution is 2.51. The highest BCUT2D eigenvalue weighted by atomic mass is 16.5. The smallest absolute Gasteiger partial charge is 0.341 e. The van der Waals surface area contributed by atoms with Crippen LogP contribution in [-0.4, -0.2) is 41.7 Å². The van der Waals surface area contributed by atoms with E-state index in [0.29, 0.717) is 25.1 Å². The van der Waals surface area contributed by atoms with Gasteiger partial charge < -0.3 is 14.7 Å². The largest absolute Gasteiger partial charge is 0.481 e. The van der Waals surface area contributed by atoms with Crippen LogP contribution in [0.4, 0.5) is 5.69 Å². The predicted molar refractivity (Wildman–Crippen MR) is 97.3 cm³/mol. The molecule has 2 heterocycles. The van der Waals surface area contributed by atoms with Crippen LogP contribution in [0.1, 0.15) is 36.5 Å². The molecule has 0 radical (unpaired) electrons. The lowest BCUT2D eigenvalue weighted by atomic mass is 9.81. The highest BCUT2D eigenvalue weighted by Gasteiger charge is 2.55. The molecule has 0 bridgehead atoms. The summed E-state index contributed by atoms with van der Waals surface area (Å²) in [4.78, 5) is 31.0. The van der Waals surface area contributed by atoms with Crippen LogP contribution in [0.15, 0.2) is 30.5 Å². The molecule has 26 heavy (non-hydrogen) atoms. The summed E-state index contributed by atoms with van der Waals surface area (Å²) >= 11 is 0. The number of nitrogens with zero attached hydrogens (tertiary/aromatic N) is 2. The van der Waals surface area contributed by atoms with Crippen molar-refractivity contribution in [2.75, 3.05) is 24.6 Å². The van der Waals surface area contributed by atoms with Crippen LogP contribution < -0.4 is 4.90 Å². The molecule has 2 atom stereocenters. The summed E-state index contributed by atoms with van der Waals surface area (Å²) in [7, 11) is 0. The third-order valence-corrected chi connectivity index (χ3v) is 5.86. The van der Waals surface area contributed by atoms with Gasteiger partial charge in [-0.15, -0.1) is 0 Å². The van der Waals surface area contributed by atoms with Gasteiger partial charge in [-0.05, 0) is 31.7 Å². The number of carbonyl (C=O) groups is 2. The van der Waals surface area contributed by atoms with E-state index in [1.807, 2.05) is 24.3 Å². The normalized spacial score (nSPS) is 24.7. The van der Waals surface area contributed by atoms with Gasteiger partial charge in [-0.2, -0.15) is 0 Å². The molecule has 1 saturated heterocycles. The van der Waals surface area contributed by atoms with E-state index in [2.05, 4.69) is 9.88 Å². The number of hydrogen-bond acceptors (Lipinski definition) is 5. The second-order valence-corrected chi connectivity index (χ2v) is 7.19. The number of fused-ring (bicyclic) bond motifs is 2. The van der Waals surface area contributed by atoms with Crippen LogP contribution in [-0.2, 0) is 9.53 Å². The summed E-state index contributed by atoms with van der Waals surface area (Å²) in [5.41, 5.74) is 1.24. The van der Waals surface area contributed by atoms with Gasteiger partial charge in [0.25, 0.3) is 0 Å². The number of carbonyl (C=O) groups excluding carboxylic acids is 1. The monoisotopic (exact) mass is 354 g/mol. The number of rotatable bonds is 4. The third-order valence-electron chi connectivity index (χ3n) is 5.86. The summed E-state index contributed by atoms with van der Waals surface area (Å²) in [6.07, 6.45) is 4.12. The molecule has 1 aliphatic carbocycles. The zero-order chi connectivity index (χ0) is 18.3. The first-order valence-corrected chi connectivity index (χ1v) is 9.10. The van der Waals surface area contributed by atoms with Crippen LogP contribution in [0.2, 0.25) is 0 Å². The number of carboxylic acid groups (broad SMARTS) is 1. The van der Waals surface area contributed by atoms with Gasteiger partial charge in [-0.1, -0.05) is 24.6 Å². The highest BCUT2D eigenvalue weighted by molar-refractivity contribution is 6.05. The molecule has 1 N–H and O–H groups in total. The fourth-order valence-electron chi connectivity index (χ4n) is 4.63. The van der Waals surface area contributed by atoms with Crippen molar-refractivity contribution in [1.82, 2.24) is 4.98 Å². The molecule has 0 unspecified atom stereocenters. The number of aliphatic carboxylic acids is 1. The molecule has 4 rings (SSSR count). The zero-order valence-corrected chi connectivity index (χ0v) is 14.8. The Kier molecular flexibility index (Phi) is 4.05. The van der Waals surface area contributed by atoms with E-state index >= 15 is 0 Å². The molecule has 136 valence electrons. The SMILES string of the molecule is CCOC(=O)c1cnc2ccccc2c1N1C[C@@H]2CCC[C@@]2(C(=O)O)C1. The van der Waals surface area contributed by atoms with Crippen molar-refractivity contribution >= 4 is 28.5 Å². The molecule has 0 spiro atoms. The van der Waals surface area contributed by atoms with E-state index in [-0.39, 0.29) is 12.5 Å². The molecule has 6 heteroatoms. The molecule has 1 saturated carbocycles. The zero-order valence-electron chi connectivity index (χ0n) is 14.8. The Morgan fingerprint density at radius 1 is 1.38 bits per heavy atom. The Morgan fingerprint density at radius 2 is 2.19 bits per heavy atom. The Balaban J connectivity index is 1.84. The predicted octanol–water partition coefficient (Wildman–Crippen LogP) is 3.10. The van der Waals surface area contributed by atoms with Crippen LogP contribution >= 0.6 is 0 Å². The Morgan fingerprint density at radius 3 is 2.92 bits per heavy atom. The fourth-order valence-corrected chi connectivity index (χ4v) is 4.63. The second-order valence-electron chi connectivity index (χ2n) is 7.19. The van der Waals surface area contributed by atoms with Crippen LogP contribution in [0, 0.1) is 11.3 Å². The van der Waals surface area contributed by atoms with Crippen molar-refractivity contribution in [3.63, 3.8) is 0 Å². The van der Waals surface area contributed by atoms with E-state index in [0.717, 1.165) is 29.4 Å². The van der Waals surface area contributed by atoms with Gasteiger partial charge in [0.2, 0.25) is 0 Å². The number of carboxylic acids is 1. The molecule has 6 nitrogen and oxygen atoms in total. The number of benzene rings is 1. The number of esters is 1. The van der Waals surface area contributed by atoms with Crippen LogP contribution in [0.25, 0.3) is 10.9 Å². The third kappa shape index (κ3) is 2.43. The molecular weight excluding hydrogens is 332 g/mol. The summed E-state index contributed by atoms with van der Waals surface area (Å²) in [6, 6.07) is 7.65. The topological polar surface area (TPSA) is 79.7 Å². The average molecular weight is 354 g/mol. The maximum atomic E-state index is 12.5. The first-order chi connectivity index (χ1) is 12.6. The summed E-state index contributed by atoms with van der Waals surface area (Å²) in [5, 5.41) is 10.7. The Hall–Kier alpha value is -2.63. The van der Waals surface area contributed by atoms with Crippen molar-refractivity contribution < 1.29 is 19.4 Å². The number of aromatic nitrogens is 1. The summed E-state index contributed by atoms with van der Waals surface area (Å²) < 4.78 is 5.22. The molecule has 1 aromatic carbocycles. The minimum absolute atomic E-state index is 0.113. The lowest BCUT2D eigenvalue weighted by Gasteiger charge is -2.26. The van der Waals surface area contributed by atoms with E-state index in [1.165, 1.54) is 0 Å². The second kappa shape index (κ2) is 6.27. The molecule has 2 aliphatic rings. The van der Waals surface area contributed by atoms with Crippen LogP contribution in [0.3, 0.4) is 0 Å². The summed E-state index contributed by atoms with van der Waals surface area (Å²) in [5.74, 6) is -1.03. The average Bonchev–Trinajstić information content (AvgIpc) is 3.19. The van der Waals surface area contributed by atoms with Gasteiger partial charge in [0.1, 0.15) is 5.56 Å². The first-order valence-electron chi connectivity index (χ1n) is 9.10. The van der Waals surface area contributed by atoms with Gasteiger partial charge in [-0.3, -0.25) is 9.78 Å². The van der Waals surface area contributed by atoms with Crippen molar-refractivity contribution in [3.8, 4) is 0 Å². The van der Waals surface area contributed by atoms with Gasteiger partial charge in [0.05, 0.1) is 23.2 Å². The molecular formula is C20H22N2O4. The number of ether oxygens (including phenoxy) is 1. The number of pyridine rings is 1. The number of para-hydroxylation sites is 1. The molecule has 1 aromatic heterocycles. The number of anilines is 1. The Bertz CT molecular complexity index is 881. The van der Waals surface area contributed by atoms with Crippen molar-refractivity contribution in [2.24, 2.45) is 11.3 Å². The molecule has 2 fully saturated rings. The minimum Gasteiger partial charge on any atom is -0.481 e. The summed E-state index contributed by atoms with van der Waals surface area (Å²) in [6.45, 7) is 3.12. The standard InChI is InChI=1S/C20H22N2O4/c1-2-26-18(23)15-10-21-16-8-4-3-7-14(16)17(15)22-11-13-6-5-9-20(13,12-22)19(24)25/h3-4,7-8,10,13H,2,5-6,9,11-12H2,1H3,(H,24,25)/t13-,20+/m0/s1. The molecule has 1 aliphatic heterocycles.